The third-order valence-electron chi connectivity index (χ3n) is 2.84. The molecule has 0 aromatic heterocycles. The molecule has 0 aliphatic rings. The molecule has 1 aromatic carbocycles. The van der Waals surface area contributed by atoms with Gasteiger partial charge in [0.05, 0.1) is 6.54 Å². The van der Waals surface area contributed by atoms with Gasteiger partial charge in [-0.2, -0.15) is 0 Å². The van der Waals surface area contributed by atoms with E-state index in [-0.39, 0.29) is 24.1 Å². The number of carbonyl (C=O) groups excluding carboxylic acids is 2. The lowest BCUT2D eigenvalue weighted by atomic mass is 10.1. The SMILES string of the molecule is CCCNC(=O)CN(C)C(=O)c1cccc(O)c1C. The molecule has 0 fully saturated rings. The zero-order chi connectivity index (χ0) is 14.4. The summed E-state index contributed by atoms with van der Waals surface area (Å²) >= 11 is 0. The zero-order valence-corrected chi connectivity index (χ0v) is 11.6. The predicted octanol–water partition coefficient (Wildman–Crippen LogP) is 1.30. The van der Waals surface area contributed by atoms with Crippen LogP contribution in [0.3, 0.4) is 0 Å². The summed E-state index contributed by atoms with van der Waals surface area (Å²) in [5.74, 6) is -0.384. The number of nitrogens with zero attached hydrogens (tertiary/aromatic N) is 1. The largest absolute Gasteiger partial charge is 0.508 e. The Balaban J connectivity index is 2.72. The molecule has 0 radical (unpaired) electrons. The van der Waals surface area contributed by atoms with Gasteiger partial charge >= 0.3 is 0 Å². The Morgan fingerprint density at radius 2 is 2.05 bits per heavy atom. The number of phenolic OH excluding ortho intramolecular Hbond substituents is 1. The minimum atomic E-state index is -0.278. The van der Waals surface area contributed by atoms with Crippen LogP contribution in [0.25, 0.3) is 0 Å². The number of carbonyl (C=O) groups is 2. The number of amides is 2. The second kappa shape index (κ2) is 6.78. The first-order chi connectivity index (χ1) is 8.97. The highest BCUT2D eigenvalue weighted by molar-refractivity contribution is 5.98. The molecule has 0 heterocycles. The summed E-state index contributed by atoms with van der Waals surface area (Å²) in [6.45, 7) is 4.25. The highest BCUT2D eigenvalue weighted by Crippen LogP contribution is 2.20. The Morgan fingerprint density at radius 1 is 1.37 bits per heavy atom. The number of rotatable bonds is 5. The van der Waals surface area contributed by atoms with Crippen LogP contribution in [-0.2, 0) is 4.79 Å². The van der Waals surface area contributed by atoms with Crippen molar-refractivity contribution >= 4 is 11.8 Å². The molecule has 2 amide bonds. The quantitative estimate of drug-likeness (QED) is 0.842. The predicted molar refractivity (Wildman–Crippen MR) is 73.1 cm³/mol. The van der Waals surface area contributed by atoms with Gasteiger partial charge in [-0.3, -0.25) is 9.59 Å². The molecule has 0 unspecified atom stereocenters. The van der Waals surface area contributed by atoms with E-state index >= 15 is 0 Å². The van der Waals surface area contributed by atoms with Gasteiger partial charge in [0.25, 0.3) is 5.91 Å². The number of likely N-dealkylation sites (N-methyl/N-ethyl adjacent to an activating group) is 1. The van der Waals surface area contributed by atoms with E-state index in [0.29, 0.717) is 17.7 Å². The van der Waals surface area contributed by atoms with Crippen LogP contribution in [0.5, 0.6) is 5.75 Å². The molecule has 2 N–H and O–H groups in total. The maximum atomic E-state index is 12.2. The summed E-state index contributed by atoms with van der Waals surface area (Å²) in [6, 6.07) is 4.78. The average molecular weight is 264 g/mol. The van der Waals surface area contributed by atoms with E-state index in [9.17, 15) is 14.7 Å². The van der Waals surface area contributed by atoms with Crippen molar-refractivity contribution in [3.8, 4) is 5.75 Å². The average Bonchev–Trinajstić information content (AvgIpc) is 2.38. The Bertz CT molecular complexity index is 472. The first kappa shape index (κ1) is 15.0. The lowest BCUT2D eigenvalue weighted by Gasteiger charge is -2.18. The molecular formula is C14H20N2O3. The fourth-order valence-electron chi connectivity index (χ4n) is 1.67. The molecule has 0 atom stereocenters. The number of aromatic hydroxyl groups is 1. The molecule has 0 spiro atoms. The van der Waals surface area contributed by atoms with Crippen LogP contribution in [0.2, 0.25) is 0 Å². The van der Waals surface area contributed by atoms with Gasteiger partial charge < -0.3 is 15.3 Å². The summed E-state index contributed by atoms with van der Waals surface area (Å²) in [5.41, 5.74) is 0.930. The summed E-state index contributed by atoms with van der Waals surface area (Å²) in [5, 5.41) is 12.3. The second-order valence-electron chi connectivity index (χ2n) is 4.46. The number of nitrogens with one attached hydrogen (secondary N) is 1. The van der Waals surface area contributed by atoms with Gasteiger partial charge in [-0.15, -0.1) is 0 Å². The van der Waals surface area contributed by atoms with Gasteiger partial charge in [0.2, 0.25) is 5.91 Å². The van der Waals surface area contributed by atoms with Gasteiger partial charge in [0.15, 0.2) is 0 Å². The molecule has 0 saturated carbocycles. The van der Waals surface area contributed by atoms with E-state index in [4.69, 9.17) is 0 Å². The molecule has 0 aliphatic carbocycles. The monoisotopic (exact) mass is 264 g/mol. The van der Waals surface area contributed by atoms with Crippen LogP contribution >= 0.6 is 0 Å². The van der Waals surface area contributed by atoms with Crippen molar-refractivity contribution in [2.24, 2.45) is 0 Å². The standard InChI is InChI=1S/C14H20N2O3/c1-4-8-15-13(18)9-16(3)14(19)11-6-5-7-12(17)10(11)2/h5-7,17H,4,8-9H2,1-3H3,(H,15,18). The lowest BCUT2D eigenvalue weighted by Crippen LogP contribution is -2.38. The maximum Gasteiger partial charge on any atom is 0.254 e. The van der Waals surface area contributed by atoms with E-state index in [0.717, 1.165) is 6.42 Å². The van der Waals surface area contributed by atoms with Gasteiger partial charge in [-0.25, -0.2) is 0 Å². The molecular weight excluding hydrogens is 244 g/mol. The normalized spacial score (nSPS) is 10.1. The summed E-state index contributed by atoms with van der Waals surface area (Å²) in [6.07, 6.45) is 0.856. The summed E-state index contributed by atoms with van der Waals surface area (Å²) in [7, 11) is 1.57. The fraction of sp³-hybridized carbons (Fsp3) is 0.429. The Hall–Kier alpha value is -2.04. The molecule has 0 bridgehead atoms. The Kier molecular flexibility index (Phi) is 5.36. The van der Waals surface area contributed by atoms with Gasteiger partial charge in [-0.1, -0.05) is 13.0 Å². The van der Waals surface area contributed by atoms with E-state index in [1.807, 2.05) is 6.92 Å². The minimum absolute atomic E-state index is 0.00787. The van der Waals surface area contributed by atoms with Gasteiger partial charge in [0, 0.05) is 24.7 Å². The number of hydrogen-bond acceptors (Lipinski definition) is 3. The van der Waals surface area contributed by atoms with Crippen molar-refractivity contribution in [1.29, 1.82) is 0 Å². The first-order valence-corrected chi connectivity index (χ1v) is 6.28. The molecule has 1 aromatic rings. The fourth-order valence-corrected chi connectivity index (χ4v) is 1.67. The van der Waals surface area contributed by atoms with Crippen LogP contribution in [0.1, 0.15) is 29.3 Å². The van der Waals surface area contributed by atoms with Crippen molar-refractivity contribution in [2.75, 3.05) is 20.1 Å². The van der Waals surface area contributed by atoms with Crippen molar-refractivity contribution in [3.05, 3.63) is 29.3 Å². The van der Waals surface area contributed by atoms with Gasteiger partial charge in [-0.05, 0) is 25.5 Å². The summed E-state index contributed by atoms with van der Waals surface area (Å²) < 4.78 is 0. The van der Waals surface area contributed by atoms with Crippen molar-refractivity contribution in [2.45, 2.75) is 20.3 Å². The van der Waals surface area contributed by atoms with E-state index in [2.05, 4.69) is 5.32 Å². The van der Waals surface area contributed by atoms with Crippen molar-refractivity contribution < 1.29 is 14.7 Å². The first-order valence-electron chi connectivity index (χ1n) is 6.28. The molecule has 1 rings (SSSR count). The molecule has 5 nitrogen and oxygen atoms in total. The number of benzene rings is 1. The van der Waals surface area contributed by atoms with Crippen molar-refractivity contribution in [1.82, 2.24) is 10.2 Å². The smallest absolute Gasteiger partial charge is 0.254 e. The van der Waals surface area contributed by atoms with E-state index in [1.165, 1.54) is 11.0 Å². The number of hydrogen-bond donors (Lipinski definition) is 2. The molecule has 0 saturated heterocycles. The van der Waals surface area contributed by atoms with Crippen molar-refractivity contribution in [3.63, 3.8) is 0 Å². The van der Waals surface area contributed by atoms with Crippen LogP contribution in [-0.4, -0.2) is 42.0 Å². The third kappa shape index (κ3) is 3.98. The zero-order valence-electron chi connectivity index (χ0n) is 11.6. The van der Waals surface area contributed by atoms with E-state index in [1.54, 1.807) is 26.1 Å². The maximum absolute atomic E-state index is 12.2. The summed E-state index contributed by atoms with van der Waals surface area (Å²) in [4.78, 5) is 25.0. The molecule has 0 aliphatic heterocycles. The second-order valence-corrected chi connectivity index (χ2v) is 4.46. The van der Waals surface area contributed by atoms with E-state index < -0.39 is 0 Å². The Morgan fingerprint density at radius 3 is 2.68 bits per heavy atom. The van der Waals surface area contributed by atoms with Gasteiger partial charge in [0.1, 0.15) is 5.75 Å². The molecule has 19 heavy (non-hydrogen) atoms. The van der Waals surface area contributed by atoms with Crippen LogP contribution in [0.4, 0.5) is 0 Å². The van der Waals surface area contributed by atoms with Crippen LogP contribution in [0, 0.1) is 6.92 Å². The topological polar surface area (TPSA) is 69.6 Å². The number of phenols is 1. The van der Waals surface area contributed by atoms with Crippen LogP contribution in [0.15, 0.2) is 18.2 Å². The Labute approximate surface area is 113 Å². The van der Waals surface area contributed by atoms with Crippen LogP contribution < -0.4 is 5.32 Å². The highest BCUT2D eigenvalue weighted by Gasteiger charge is 2.17. The highest BCUT2D eigenvalue weighted by atomic mass is 16.3. The minimum Gasteiger partial charge on any atom is -0.508 e. The lowest BCUT2D eigenvalue weighted by molar-refractivity contribution is -0.121. The third-order valence-corrected chi connectivity index (χ3v) is 2.84. The molecule has 104 valence electrons. The molecule has 5 heteroatoms.